The lowest BCUT2D eigenvalue weighted by molar-refractivity contribution is -0.141. The predicted molar refractivity (Wildman–Crippen MR) is 159 cm³/mol. The molecule has 0 spiro atoms. The van der Waals surface area contributed by atoms with Gasteiger partial charge in [0.15, 0.2) is 0 Å². The SMILES string of the molecule is CCCNC(=O)C(c1ccccc1)N(Cc1ccc(OC)cc1)C(=O)CCc1ccc(S(=O)(=O)N2CCCC2)cc1. The molecule has 3 aromatic rings. The van der Waals surface area contributed by atoms with Crippen molar-refractivity contribution in [2.75, 3.05) is 26.7 Å². The normalized spacial score (nSPS) is 14.4. The van der Waals surface area contributed by atoms with E-state index in [1.54, 1.807) is 36.3 Å². The van der Waals surface area contributed by atoms with Crippen LogP contribution in [0.15, 0.2) is 83.8 Å². The number of nitrogens with zero attached hydrogens (tertiary/aromatic N) is 2. The summed E-state index contributed by atoms with van der Waals surface area (Å²) in [5, 5.41) is 2.97. The Kier molecular flexibility index (Phi) is 10.5. The summed E-state index contributed by atoms with van der Waals surface area (Å²) >= 11 is 0. The fourth-order valence-corrected chi connectivity index (χ4v) is 6.52. The first-order valence-corrected chi connectivity index (χ1v) is 15.6. The first-order valence-electron chi connectivity index (χ1n) is 14.2. The van der Waals surface area contributed by atoms with Crippen LogP contribution in [-0.4, -0.2) is 56.2 Å². The number of hydrogen-bond acceptors (Lipinski definition) is 5. The molecular weight excluding hydrogens is 538 g/mol. The van der Waals surface area contributed by atoms with Crippen molar-refractivity contribution in [3.8, 4) is 5.75 Å². The van der Waals surface area contributed by atoms with Gasteiger partial charge < -0.3 is 15.0 Å². The van der Waals surface area contributed by atoms with Gasteiger partial charge in [-0.15, -0.1) is 0 Å². The molecule has 0 bridgehead atoms. The minimum Gasteiger partial charge on any atom is -0.497 e. The van der Waals surface area contributed by atoms with E-state index in [2.05, 4.69) is 5.32 Å². The Hall–Kier alpha value is -3.69. The zero-order chi connectivity index (χ0) is 29.2. The van der Waals surface area contributed by atoms with Gasteiger partial charge in [0.25, 0.3) is 0 Å². The molecule has 0 saturated carbocycles. The van der Waals surface area contributed by atoms with E-state index in [-0.39, 0.29) is 29.7 Å². The van der Waals surface area contributed by atoms with Crippen molar-refractivity contribution < 1.29 is 22.7 Å². The molecule has 1 atom stereocenters. The molecule has 1 unspecified atom stereocenters. The van der Waals surface area contributed by atoms with Crippen LogP contribution in [-0.2, 0) is 32.6 Å². The minimum absolute atomic E-state index is 0.165. The summed E-state index contributed by atoms with van der Waals surface area (Å²) in [5.41, 5.74) is 2.47. The number of benzene rings is 3. The van der Waals surface area contributed by atoms with Crippen molar-refractivity contribution in [2.24, 2.45) is 0 Å². The molecule has 1 aliphatic rings. The highest BCUT2D eigenvalue weighted by molar-refractivity contribution is 7.89. The van der Waals surface area contributed by atoms with Gasteiger partial charge in [0, 0.05) is 32.6 Å². The summed E-state index contributed by atoms with van der Waals surface area (Å²) < 4.78 is 32.6. The van der Waals surface area contributed by atoms with E-state index in [1.165, 1.54) is 4.31 Å². The Bertz CT molecular complexity index is 1390. The van der Waals surface area contributed by atoms with Crippen LogP contribution in [0.3, 0.4) is 0 Å². The Morgan fingerprint density at radius 1 is 0.927 bits per heavy atom. The number of methoxy groups -OCH3 is 1. The highest BCUT2D eigenvalue weighted by atomic mass is 32.2. The largest absolute Gasteiger partial charge is 0.497 e. The lowest BCUT2D eigenvalue weighted by Crippen LogP contribution is -2.43. The van der Waals surface area contributed by atoms with Gasteiger partial charge in [-0.1, -0.05) is 61.5 Å². The number of carbonyl (C=O) groups is 2. The molecule has 0 radical (unpaired) electrons. The predicted octanol–water partition coefficient (Wildman–Crippen LogP) is 4.71. The van der Waals surface area contributed by atoms with Crippen LogP contribution in [0, 0.1) is 0 Å². The molecule has 41 heavy (non-hydrogen) atoms. The van der Waals surface area contributed by atoms with Gasteiger partial charge in [0.1, 0.15) is 11.8 Å². The molecule has 2 amide bonds. The average molecular weight is 578 g/mol. The Balaban J connectivity index is 1.56. The van der Waals surface area contributed by atoms with Gasteiger partial charge in [0.2, 0.25) is 21.8 Å². The number of carbonyl (C=O) groups excluding carboxylic acids is 2. The number of hydrogen-bond donors (Lipinski definition) is 1. The Morgan fingerprint density at radius 2 is 1.56 bits per heavy atom. The maximum atomic E-state index is 13.9. The van der Waals surface area contributed by atoms with Crippen LogP contribution in [0.2, 0.25) is 0 Å². The van der Waals surface area contributed by atoms with Gasteiger partial charge in [-0.05, 0) is 66.6 Å². The molecule has 1 N–H and O–H groups in total. The number of sulfonamides is 1. The fourth-order valence-electron chi connectivity index (χ4n) is 5.00. The quantitative estimate of drug-likeness (QED) is 0.318. The van der Waals surface area contributed by atoms with E-state index in [0.717, 1.165) is 36.0 Å². The lowest BCUT2D eigenvalue weighted by Gasteiger charge is -2.32. The van der Waals surface area contributed by atoms with Crippen LogP contribution >= 0.6 is 0 Å². The molecule has 1 aliphatic heterocycles. The van der Waals surface area contributed by atoms with Crippen molar-refractivity contribution >= 4 is 21.8 Å². The maximum Gasteiger partial charge on any atom is 0.247 e. The van der Waals surface area contributed by atoms with Crippen molar-refractivity contribution in [1.29, 1.82) is 0 Å². The van der Waals surface area contributed by atoms with Crippen molar-refractivity contribution in [2.45, 2.75) is 56.5 Å². The zero-order valence-electron chi connectivity index (χ0n) is 23.8. The number of nitrogens with one attached hydrogen (secondary N) is 1. The second-order valence-electron chi connectivity index (χ2n) is 10.2. The van der Waals surface area contributed by atoms with E-state index >= 15 is 0 Å². The molecule has 1 fully saturated rings. The second-order valence-corrected chi connectivity index (χ2v) is 12.2. The average Bonchev–Trinajstić information content (AvgIpc) is 3.56. The molecule has 9 heteroatoms. The van der Waals surface area contributed by atoms with Crippen LogP contribution in [0.1, 0.15) is 55.3 Å². The van der Waals surface area contributed by atoms with E-state index < -0.39 is 16.1 Å². The highest BCUT2D eigenvalue weighted by Gasteiger charge is 2.31. The molecule has 0 aromatic heterocycles. The summed E-state index contributed by atoms with van der Waals surface area (Å²) in [6.07, 6.45) is 3.13. The summed E-state index contributed by atoms with van der Waals surface area (Å²) in [7, 11) is -1.89. The maximum absolute atomic E-state index is 13.9. The van der Waals surface area contributed by atoms with Crippen LogP contribution < -0.4 is 10.1 Å². The van der Waals surface area contributed by atoms with Gasteiger partial charge in [0.05, 0.1) is 12.0 Å². The number of amides is 2. The molecule has 1 saturated heterocycles. The van der Waals surface area contributed by atoms with Gasteiger partial charge >= 0.3 is 0 Å². The second kappa shape index (κ2) is 14.3. The number of ether oxygens (including phenoxy) is 1. The van der Waals surface area contributed by atoms with E-state index in [1.807, 2.05) is 61.5 Å². The van der Waals surface area contributed by atoms with Crippen LogP contribution in [0.5, 0.6) is 5.75 Å². The third-order valence-electron chi connectivity index (χ3n) is 7.31. The minimum atomic E-state index is -3.49. The highest BCUT2D eigenvalue weighted by Crippen LogP contribution is 2.26. The number of rotatable bonds is 13. The standard InChI is InChI=1S/C32H39N3O5S/c1-3-21-33-32(37)31(27-9-5-4-6-10-27)35(24-26-11-16-28(40-2)17-12-26)30(36)20-15-25-13-18-29(19-14-25)41(38,39)34-22-7-8-23-34/h4-6,9-14,16-19,31H,3,7-8,15,20-24H2,1-2H3,(H,33,37). The summed E-state index contributed by atoms with van der Waals surface area (Å²) in [6.45, 7) is 3.85. The molecule has 3 aromatic carbocycles. The first-order chi connectivity index (χ1) is 19.8. The summed E-state index contributed by atoms with van der Waals surface area (Å²) in [6, 6.07) is 22.8. The lowest BCUT2D eigenvalue weighted by atomic mass is 10.0. The molecule has 8 nitrogen and oxygen atoms in total. The van der Waals surface area contributed by atoms with Gasteiger partial charge in [-0.3, -0.25) is 9.59 Å². The van der Waals surface area contributed by atoms with E-state index in [0.29, 0.717) is 31.8 Å². The monoisotopic (exact) mass is 577 g/mol. The van der Waals surface area contributed by atoms with Crippen molar-refractivity contribution in [3.05, 3.63) is 95.6 Å². The molecule has 218 valence electrons. The third kappa shape index (κ3) is 7.74. The summed E-state index contributed by atoms with van der Waals surface area (Å²) in [4.78, 5) is 29.2. The molecular formula is C32H39N3O5S. The van der Waals surface area contributed by atoms with Gasteiger partial charge in [-0.25, -0.2) is 8.42 Å². The van der Waals surface area contributed by atoms with Gasteiger partial charge in [-0.2, -0.15) is 4.31 Å². The topological polar surface area (TPSA) is 96.0 Å². The third-order valence-corrected chi connectivity index (χ3v) is 9.22. The smallest absolute Gasteiger partial charge is 0.247 e. The van der Waals surface area contributed by atoms with Crippen molar-refractivity contribution in [1.82, 2.24) is 14.5 Å². The molecule has 4 rings (SSSR count). The van der Waals surface area contributed by atoms with Crippen molar-refractivity contribution in [3.63, 3.8) is 0 Å². The molecule has 1 heterocycles. The zero-order valence-corrected chi connectivity index (χ0v) is 24.6. The fraction of sp³-hybridized carbons (Fsp3) is 0.375. The Labute approximate surface area is 243 Å². The summed E-state index contributed by atoms with van der Waals surface area (Å²) in [5.74, 6) is 0.314. The first kappa shape index (κ1) is 30.3. The van der Waals surface area contributed by atoms with Crippen LogP contribution in [0.25, 0.3) is 0 Å². The van der Waals surface area contributed by atoms with Crippen LogP contribution in [0.4, 0.5) is 0 Å². The number of aryl methyl sites for hydroxylation is 1. The Morgan fingerprint density at radius 3 is 2.17 bits per heavy atom. The van der Waals surface area contributed by atoms with E-state index in [4.69, 9.17) is 4.74 Å². The van der Waals surface area contributed by atoms with E-state index in [9.17, 15) is 18.0 Å². The molecule has 0 aliphatic carbocycles.